The van der Waals surface area contributed by atoms with E-state index >= 15 is 0 Å². The summed E-state index contributed by atoms with van der Waals surface area (Å²) in [5.74, 6) is -0.143. The fourth-order valence-electron chi connectivity index (χ4n) is 4.77. The van der Waals surface area contributed by atoms with Crippen LogP contribution in [-0.4, -0.2) is 46.4 Å². The predicted octanol–water partition coefficient (Wildman–Crippen LogP) is 2.83. The molecule has 2 aromatic rings. The Kier molecular flexibility index (Phi) is 6.36. The number of imide groups is 1. The molecule has 4 amide bonds. The molecule has 2 aliphatic heterocycles. The Hall–Kier alpha value is -2.74. The second-order valence-corrected chi connectivity index (χ2v) is 9.47. The summed E-state index contributed by atoms with van der Waals surface area (Å²) in [6.45, 7) is 3.12. The summed E-state index contributed by atoms with van der Waals surface area (Å²) in [7, 11) is 0. The summed E-state index contributed by atoms with van der Waals surface area (Å²) in [5, 5.41) is 8.28. The third kappa shape index (κ3) is 4.79. The second kappa shape index (κ2) is 9.18. The van der Waals surface area contributed by atoms with Crippen LogP contribution in [0.4, 0.5) is 4.79 Å². The first-order valence-electron chi connectivity index (χ1n) is 10.8. The summed E-state index contributed by atoms with van der Waals surface area (Å²) in [6.07, 6.45) is 3.96. The van der Waals surface area contributed by atoms with Gasteiger partial charge in [-0.05, 0) is 50.5 Å². The van der Waals surface area contributed by atoms with E-state index in [2.05, 4.69) is 27.8 Å². The predicted molar refractivity (Wildman–Crippen MR) is 119 cm³/mol. The van der Waals surface area contributed by atoms with Crippen molar-refractivity contribution in [1.82, 2.24) is 20.5 Å². The first kappa shape index (κ1) is 21.5. The number of hydrogen-bond acceptors (Lipinski definition) is 5. The largest absolute Gasteiger partial charge is 0.342 e. The molecule has 1 aromatic heterocycles. The van der Waals surface area contributed by atoms with Gasteiger partial charge in [0.15, 0.2) is 0 Å². The zero-order valence-corrected chi connectivity index (χ0v) is 18.5. The summed E-state index contributed by atoms with van der Waals surface area (Å²) in [6, 6.07) is 9.74. The third-order valence-corrected chi connectivity index (χ3v) is 7.21. The number of benzene rings is 1. The van der Waals surface area contributed by atoms with Gasteiger partial charge in [0.1, 0.15) is 5.54 Å². The quantitative estimate of drug-likeness (QED) is 0.648. The van der Waals surface area contributed by atoms with Crippen LogP contribution in [-0.2, 0) is 22.4 Å². The first-order chi connectivity index (χ1) is 15.0. The standard InChI is InChI=1S/C23H28N4O3S/c1-16-24-19(15-31-16)14-20(28)27-12-9-18(10-13-27)23(21(29)25-22(30)26-23)11-5-8-17-6-3-2-4-7-17/h2-4,6-7,15,18H,5,8-14H2,1H3,(H2,25,26,29,30). The number of thiazole rings is 1. The van der Waals surface area contributed by atoms with Crippen LogP contribution in [0.15, 0.2) is 35.7 Å². The number of rotatable bonds is 7. The van der Waals surface area contributed by atoms with E-state index in [4.69, 9.17) is 0 Å². The minimum absolute atomic E-state index is 0.0142. The molecular formula is C23H28N4O3S. The number of carbonyl (C=O) groups is 3. The van der Waals surface area contributed by atoms with Crippen molar-refractivity contribution in [1.29, 1.82) is 0 Å². The number of hydrogen-bond donors (Lipinski definition) is 2. The summed E-state index contributed by atoms with van der Waals surface area (Å²) < 4.78 is 0. The van der Waals surface area contributed by atoms with Crippen molar-refractivity contribution in [3.63, 3.8) is 0 Å². The highest BCUT2D eigenvalue weighted by molar-refractivity contribution is 7.09. The van der Waals surface area contributed by atoms with Crippen molar-refractivity contribution in [2.24, 2.45) is 5.92 Å². The molecule has 2 saturated heterocycles. The number of piperidine rings is 1. The normalized spacial score (nSPS) is 21.8. The third-order valence-electron chi connectivity index (χ3n) is 6.39. The molecule has 0 aliphatic carbocycles. The van der Waals surface area contributed by atoms with Crippen LogP contribution in [0.3, 0.4) is 0 Å². The van der Waals surface area contributed by atoms with Crippen LogP contribution >= 0.6 is 11.3 Å². The smallest absolute Gasteiger partial charge is 0.322 e. The molecule has 1 atom stereocenters. The number of carbonyl (C=O) groups excluding carboxylic acids is 3. The lowest BCUT2D eigenvalue weighted by atomic mass is 9.74. The summed E-state index contributed by atoms with van der Waals surface area (Å²) in [5.41, 5.74) is 1.15. The van der Waals surface area contributed by atoms with Gasteiger partial charge in [-0.3, -0.25) is 14.9 Å². The average Bonchev–Trinajstić information content (AvgIpc) is 3.30. The van der Waals surface area contributed by atoms with E-state index in [0.717, 1.165) is 23.5 Å². The van der Waals surface area contributed by atoms with Crippen LogP contribution in [0, 0.1) is 12.8 Å². The molecule has 2 N–H and O–H groups in total. The Morgan fingerprint density at radius 2 is 1.97 bits per heavy atom. The van der Waals surface area contributed by atoms with E-state index in [1.54, 1.807) is 11.3 Å². The molecule has 3 heterocycles. The Morgan fingerprint density at radius 3 is 2.58 bits per heavy atom. The van der Waals surface area contributed by atoms with Gasteiger partial charge in [-0.2, -0.15) is 0 Å². The maximum atomic E-state index is 12.8. The Balaban J connectivity index is 1.37. The Morgan fingerprint density at radius 1 is 1.23 bits per heavy atom. The van der Waals surface area contributed by atoms with E-state index in [0.29, 0.717) is 38.8 Å². The number of likely N-dealkylation sites (tertiary alicyclic amines) is 1. The van der Waals surface area contributed by atoms with Gasteiger partial charge in [-0.25, -0.2) is 9.78 Å². The fourth-order valence-corrected chi connectivity index (χ4v) is 5.38. The van der Waals surface area contributed by atoms with Crippen LogP contribution < -0.4 is 10.6 Å². The molecule has 8 heteroatoms. The molecular weight excluding hydrogens is 412 g/mol. The molecule has 164 valence electrons. The second-order valence-electron chi connectivity index (χ2n) is 8.41. The molecule has 0 bridgehead atoms. The number of aromatic nitrogens is 1. The fraction of sp³-hybridized carbons (Fsp3) is 0.478. The number of nitrogens with one attached hydrogen (secondary N) is 2. The SMILES string of the molecule is Cc1nc(CC(=O)N2CCC(C3(CCCc4ccccc4)NC(=O)NC3=O)CC2)cs1. The Labute approximate surface area is 186 Å². The van der Waals surface area contributed by atoms with Crippen molar-refractivity contribution in [3.8, 4) is 0 Å². The maximum Gasteiger partial charge on any atom is 0.322 e. The summed E-state index contributed by atoms with van der Waals surface area (Å²) in [4.78, 5) is 43.7. The monoisotopic (exact) mass is 440 g/mol. The van der Waals surface area contributed by atoms with E-state index in [1.807, 2.05) is 35.4 Å². The topological polar surface area (TPSA) is 91.4 Å². The number of aryl methyl sites for hydroxylation is 2. The molecule has 0 radical (unpaired) electrons. The number of urea groups is 1. The lowest BCUT2D eigenvalue weighted by molar-refractivity contribution is -0.133. The lowest BCUT2D eigenvalue weighted by Gasteiger charge is -2.40. The maximum absolute atomic E-state index is 12.8. The summed E-state index contributed by atoms with van der Waals surface area (Å²) >= 11 is 1.55. The molecule has 1 unspecified atom stereocenters. The van der Waals surface area contributed by atoms with Gasteiger partial charge in [-0.15, -0.1) is 11.3 Å². The van der Waals surface area contributed by atoms with Gasteiger partial charge in [0, 0.05) is 18.5 Å². The van der Waals surface area contributed by atoms with Crippen molar-refractivity contribution in [3.05, 3.63) is 52.0 Å². The van der Waals surface area contributed by atoms with E-state index in [-0.39, 0.29) is 17.7 Å². The van der Waals surface area contributed by atoms with Crippen LogP contribution in [0.25, 0.3) is 0 Å². The molecule has 7 nitrogen and oxygen atoms in total. The van der Waals surface area contributed by atoms with Gasteiger partial charge in [0.2, 0.25) is 5.91 Å². The molecule has 4 rings (SSSR count). The average molecular weight is 441 g/mol. The highest BCUT2D eigenvalue weighted by Crippen LogP contribution is 2.35. The molecule has 2 fully saturated rings. The molecule has 31 heavy (non-hydrogen) atoms. The van der Waals surface area contributed by atoms with Gasteiger partial charge >= 0.3 is 6.03 Å². The van der Waals surface area contributed by atoms with E-state index in [9.17, 15) is 14.4 Å². The van der Waals surface area contributed by atoms with Crippen molar-refractivity contribution < 1.29 is 14.4 Å². The minimum atomic E-state index is -0.882. The first-order valence-corrected chi connectivity index (χ1v) is 11.7. The van der Waals surface area contributed by atoms with Gasteiger partial charge in [0.25, 0.3) is 5.91 Å². The molecule has 0 saturated carbocycles. The Bertz CT molecular complexity index is 953. The van der Waals surface area contributed by atoms with Crippen LogP contribution in [0.1, 0.15) is 41.9 Å². The highest BCUT2D eigenvalue weighted by Gasteiger charge is 2.51. The number of nitrogens with zero attached hydrogens (tertiary/aromatic N) is 2. The van der Waals surface area contributed by atoms with E-state index in [1.165, 1.54) is 5.56 Å². The van der Waals surface area contributed by atoms with Gasteiger partial charge < -0.3 is 10.2 Å². The van der Waals surface area contributed by atoms with Crippen molar-refractivity contribution in [2.45, 2.75) is 51.0 Å². The molecule has 0 spiro atoms. The number of amides is 4. The van der Waals surface area contributed by atoms with Crippen LogP contribution in [0.5, 0.6) is 0 Å². The zero-order chi connectivity index (χ0) is 21.8. The van der Waals surface area contributed by atoms with Crippen molar-refractivity contribution >= 4 is 29.2 Å². The van der Waals surface area contributed by atoms with Crippen molar-refractivity contribution in [2.75, 3.05) is 13.1 Å². The lowest BCUT2D eigenvalue weighted by Crippen LogP contribution is -2.56. The van der Waals surface area contributed by atoms with Crippen LogP contribution in [0.2, 0.25) is 0 Å². The van der Waals surface area contributed by atoms with Gasteiger partial charge in [-0.1, -0.05) is 30.3 Å². The minimum Gasteiger partial charge on any atom is -0.342 e. The molecule has 1 aromatic carbocycles. The zero-order valence-electron chi connectivity index (χ0n) is 17.7. The highest BCUT2D eigenvalue weighted by atomic mass is 32.1. The van der Waals surface area contributed by atoms with E-state index < -0.39 is 11.6 Å². The molecule has 2 aliphatic rings. The van der Waals surface area contributed by atoms with Gasteiger partial charge in [0.05, 0.1) is 17.1 Å².